The molecule has 0 spiro atoms. The van der Waals surface area contributed by atoms with Crippen LogP contribution >= 0.6 is 0 Å². The van der Waals surface area contributed by atoms with Gasteiger partial charge in [-0.1, -0.05) is 0 Å². The van der Waals surface area contributed by atoms with E-state index in [1.807, 2.05) is 31.3 Å². The van der Waals surface area contributed by atoms with E-state index in [2.05, 4.69) is 5.32 Å². The summed E-state index contributed by atoms with van der Waals surface area (Å²) in [5.74, 6) is 0.821. The molecule has 0 bridgehead atoms. The largest absolute Gasteiger partial charge is 0.491 e. The van der Waals surface area contributed by atoms with Gasteiger partial charge in [-0.15, -0.1) is 0 Å². The number of benzene rings is 1. The van der Waals surface area contributed by atoms with E-state index in [4.69, 9.17) is 15.2 Å². The van der Waals surface area contributed by atoms with Gasteiger partial charge < -0.3 is 20.5 Å². The van der Waals surface area contributed by atoms with E-state index in [0.717, 1.165) is 18.0 Å². The topological polar surface area (TPSA) is 56.5 Å². The molecule has 4 heteroatoms. The van der Waals surface area contributed by atoms with Gasteiger partial charge in [-0.2, -0.15) is 0 Å². The van der Waals surface area contributed by atoms with Crippen LogP contribution in [0.15, 0.2) is 24.3 Å². The maximum absolute atomic E-state index is 5.55. The van der Waals surface area contributed by atoms with E-state index >= 15 is 0 Å². The second kappa shape index (κ2) is 7.09. The lowest BCUT2D eigenvalue weighted by Crippen LogP contribution is -2.16. The minimum atomic E-state index is 0.563. The highest BCUT2D eigenvalue weighted by Gasteiger charge is 1.93. The summed E-state index contributed by atoms with van der Waals surface area (Å²) in [5, 5.41) is 3.00. The summed E-state index contributed by atoms with van der Waals surface area (Å²) in [6.07, 6.45) is 0. The summed E-state index contributed by atoms with van der Waals surface area (Å²) >= 11 is 0. The minimum Gasteiger partial charge on any atom is -0.491 e. The summed E-state index contributed by atoms with van der Waals surface area (Å²) in [6.45, 7) is 2.74. The molecule has 0 aliphatic rings. The number of nitrogens with one attached hydrogen (secondary N) is 1. The number of rotatable bonds is 7. The van der Waals surface area contributed by atoms with Gasteiger partial charge in [0.2, 0.25) is 0 Å². The molecular weight excluding hydrogens is 192 g/mol. The molecule has 3 N–H and O–H groups in total. The van der Waals surface area contributed by atoms with Gasteiger partial charge in [-0.3, -0.25) is 0 Å². The summed E-state index contributed by atoms with van der Waals surface area (Å²) in [6, 6.07) is 7.33. The predicted octanol–water partition coefficient (Wildman–Crippen LogP) is 0.884. The van der Waals surface area contributed by atoms with Crippen molar-refractivity contribution in [2.24, 2.45) is 0 Å². The first-order valence-corrected chi connectivity index (χ1v) is 5.03. The van der Waals surface area contributed by atoms with Gasteiger partial charge in [-0.25, -0.2) is 0 Å². The maximum Gasteiger partial charge on any atom is 0.119 e. The van der Waals surface area contributed by atoms with E-state index in [1.54, 1.807) is 0 Å². The molecular formula is C11H18N2O2. The number of hydrogen-bond donors (Lipinski definition) is 2. The third-order valence-corrected chi connectivity index (χ3v) is 1.87. The number of anilines is 1. The first kappa shape index (κ1) is 11.8. The van der Waals surface area contributed by atoms with Gasteiger partial charge in [0.05, 0.1) is 13.2 Å². The Morgan fingerprint density at radius 2 is 1.87 bits per heavy atom. The molecule has 0 unspecified atom stereocenters. The van der Waals surface area contributed by atoms with Crippen LogP contribution in [0.4, 0.5) is 5.69 Å². The van der Waals surface area contributed by atoms with Crippen molar-refractivity contribution < 1.29 is 9.47 Å². The van der Waals surface area contributed by atoms with E-state index in [9.17, 15) is 0 Å². The average Bonchev–Trinajstić information content (AvgIpc) is 2.26. The Kier molecular flexibility index (Phi) is 5.58. The molecule has 0 saturated carbocycles. The van der Waals surface area contributed by atoms with Crippen LogP contribution in [0.3, 0.4) is 0 Å². The quantitative estimate of drug-likeness (QED) is 0.518. The zero-order chi connectivity index (χ0) is 10.9. The van der Waals surface area contributed by atoms with Gasteiger partial charge in [0.15, 0.2) is 0 Å². The number of hydrogen-bond acceptors (Lipinski definition) is 4. The Morgan fingerprint density at radius 1 is 1.13 bits per heavy atom. The van der Waals surface area contributed by atoms with Gasteiger partial charge in [0.1, 0.15) is 12.4 Å². The monoisotopic (exact) mass is 210 g/mol. The van der Waals surface area contributed by atoms with Gasteiger partial charge >= 0.3 is 0 Å². The summed E-state index contributed by atoms with van der Waals surface area (Å²) in [7, 11) is 1.90. The lowest BCUT2D eigenvalue weighted by Gasteiger charge is -2.07. The highest BCUT2D eigenvalue weighted by Crippen LogP contribution is 2.12. The van der Waals surface area contributed by atoms with Crippen LogP contribution in [-0.4, -0.2) is 33.4 Å². The van der Waals surface area contributed by atoms with Crippen molar-refractivity contribution in [1.29, 1.82) is 0 Å². The lowest BCUT2D eigenvalue weighted by molar-refractivity contribution is 0.103. The molecule has 0 saturated heterocycles. The van der Waals surface area contributed by atoms with Gasteiger partial charge in [-0.05, 0) is 31.3 Å². The van der Waals surface area contributed by atoms with Crippen molar-refractivity contribution in [2.75, 3.05) is 39.1 Å². The van der Waals surface area contributed by atoms with Crippen LogP contribution in [0.5, 0.6) is 5.75 Å². The van der Waals surface area contributed by atoms with Crippen molar-refractivity contribution in [3.63, 3.8) is 0 Å². The van der Waals surface area contributed by atoms with E-state index in [1.165, 1.54) is 0 Å². The maximum atomic E-state index is 5.55. The molecule has 0 aliphatic heterocycles. The first-order chi connectivity index (χ1) is 7.33. The van der Waals surface area contributed by atoms with Crippen LogP contribution in [0, 0.1) is 0 Å². The number of ether oxygens (including phenoxy) is 2. The Morgan fingerprint density at radius 3 is 2.53 bits per heavy atom. The molecule has 1 aromatic carbocycles. The Bertz CT molecular complexity index is 262. The fraction of sp³-hybridized carbons (Fsp3) is 0.455. The van der Waals surface area contributed by atoms with E-state index in [0.29, 0.717) is 19.8 Å². The summed E-state index contributed by atoms with van der Waals surface area (Å²) in [5.41, 5.74) is 6.29. The normalized spacial score (nSPS) is 10.2. The third-order valence-electron chi connectivity index (χ3n) is 1.87. The SMILES string of the molecule is CNCCOCCOc1ccc(N)cc1. The standard InChI is InChI=1S/C11H18N2O2/c1-13-6-7-14-8-9-15-11-4-2-10(12)3-5-11/h2-5,13H,6-9,12H2,1H3. The lowest BCUT2D eigenvalue weighted by atomic mass is 10.3. The van der Waals surface area contributed by atoms with Crippen molar-refractivity contribution in [2.45, 2.75) is 0 Å². The summed E-state index contributed by atoms with van der Waals surface area (Å²) in [4.78, 5) is 0. The molecule has 0 amide bonds. The zero-order valence-corrected chi connectivity index (χ0v) is 9.03. The first-order valence-electron chi connectivity index (χ1n) is 5.03. The van der Waals surface area contributed by atoms with Crippen molar-refractivity contribution in [1.82, 2.24) is 5.32 Å². The number of likely N-dealkylation sites (N-methyl/N-ethyl adjacent to an activating group) is 1. The van der Waals surface area contributed by atoms with Gasteiger partial charge in [0, 0.05) is 12.2 Å². The Labute approximate surface area is 90.4 Å². The smallest absolute Gasteiger partial charge is 0.119 e. The zero-order valence-electron chi connectivity index (χ0n) is 9.03. The highest BCUT2D eigenvalue weighted by atomic mass is 16.5. The fourth-order valence-electron chi connectivity index (χ4n) is 1.06. The molecule has 0 radical (unpaired) electrons. The Balaban J connectivity index is 2.07. The molecule has 0 fully saturated rings. The molecule has 0 aliphatic carbocycles. The fourth-order valence-corrected chi connectivity index (χ4v) is 1.06. The van der Waals surface area contributed by atoms with Crippen LogP contribution in [-0.2, 0) is 4.74 Å². The van der Waals surface area contributed by atoms with E-state index < -0.39 is 0 Å². The molecule has 1 rings (SSSR count). The van der Waals surface area contributed by atoms with Crippen LogP contribution in [0.2, 0.25) is 0 Å². The molecule has 1 aromatic rings. The second-order valence-corrected chi connectivity index (χ2v) is 3.13. The third kappa shape index (κ3) is 5.24. The van der Waals surface area contributed by atoms with Crippen LogP contribution in [0.1, 0.15) is 0 Å². The average molecular weight is 210 g/mol. The van der Waals surface area contributed by atoms with Crippen molar-refractivity contribution in [3.8, 4) is 5.75 Å². The van der Waals surface area contributed by atoms with Gasteiger partial charge in [0.25, 0.3) is 0 Å². The number of nitrogen functional groups attached to an aromatic ring is 1. The van der Waals surface area contributed by atoms with Crippen molar-refractivity contribution in [3.05, 3.63) is 24.3 Å². The highest BCUT2D eigenvalue weighted by molar-refractivity contribution is 5.41. The Hall–Kier alpha value is -1.26. The predicted molar refractivity (Wildman–Crippen MR) is 61.1 cm³/mol. The van der Waals surface area contributed by atoms with Crippen molar-refractivity contribution >= 4 is 5.69 Å². The van der Waals surface area contributed by atoms with Crippen LogP contribution in [0.25, 0.3) is 0 Å². The molecule has 0 aromatic heterocycles. The second-order valence-electron chi connectivity index (χ2n) is 3.13. The summed E-state index contributed by atoms with van der Waals surface area (Å²) < 4.78 is 10.7. The molecule has 15 heavy (non-hydrogen) atoms. The minimum absolute atomic E-state index is 0.563. The molecule has 4 nitrogen and oxygen atoms in total. The van der Waals surface area contributed by atoms with Crippen LogP contribution < -0.4 is 15.8 Å². The van der Waals surface area contributed by atoms with E-state index in [-0.39, 0.29) is 0 Å². The number of nitrogens with two attached hydrogens (primary N) is 1. The molecule has 0 heterocycles. The molecule has 0 atom stereocenters. The molecule has 84 valence electrons.